The van der Waals surface area contributed by atoms with E-state index in [1.807, 2.05) is 6.92 Å². The second-order valence-electron chi connectivity index (χ2n) is 9.24. The highest BCUT2D eigenvalue weighted by atomic mass is 19.4. The molecule has 2 amide bonds. The highest BCUT2D eigenvalue weighted by molar-refractivity contribution is 5.86. The maximum absolute atomic E-state index is 13.6. The number of hydrogen-bond acceptors (Lipinski definition) is 4. The van der Waals surface area contributed by atoms with E-state index in [1.54, 1.807) is 4.90 Å². The van der Waals surface area contributed by atoms with Crippen molar-refractivity contribution in [3.05, 3.63) is 29.3 Å². The SMILES string of the molecule is CC1C2Oc3ccc(C(F)(F)F)cc3CN2C(=O)[C@]12CC[C@@H](N1CCNC(=O)CC1)C2. The molecule has 1 N–H and O–H groups in total. The highest BCUT2D eigenvalue weighted by Gasteiger charge is 2.62. The van der Waals surface area contributed by atoms with Crippen LogP contribution >= 0.6 is 0 Å². The first-order valence-electron chi connectivity index (χ1n) is 10.9. The number of carbonyl (C=O) groups excluding carboxylic acids is 2. The van der Waals surface area contributed by atoms with Crippen molar-refractivity contribution in [1.29, 1.82) is 0 Å². The lowest BCUT2D eigenvalue weighted by Crippen LogP contribution is -2.42. The summed E-state index contributed by atoms with van der Waals surface area (Å²) in [6.07, 6.45) is -2.13. The Morgan fingerprint density at radius 2 is 2.03 bits per heavy atom. The lowest BCUT2D eigenvalue weighted by atomic mass is 9.76. The smallest absolute Gasteiger partial charge is 0.416 e. The van der Waals surface area contributed by atoms with E-state index in [-0.39, 0.29) is 30.3 Å². The number of halogens is 3. The standard InChI is InChI=1S/C22H26F3N3O3/c1-13-19-28(12-14-10-15(22(23,24)25)2-3-17(14)31-19)20(30)21(13)6-4-16(11-21)27-8-5-18(29)26-7-9-27/h2-3,10,13,16,19H,4-9,11-12H2,1H3,(H,26,29)/t13?,16-,19?,21+/m1/s1. The minimum atomic E-state index is -4.43. The third-order valence-electron chi connectivity index (χ3n) is 7.66. The van der Waals surface area contributed by atoms with Gasteiger partial charge in [-0.1, -0.05) is 6.92 Å². The van der Waals surface area contributed by atoms with Gasteiger partial charge in [0.05, 0.1) is 17.5 Å². The Morgan fingerprint density at radius 1 is 1.23 bits per heavy atom. The summed E-state index contributed by atoms with van der Waals surface area (Å²) >= 11 is 0. The maximum Gasteiger partial charge on any atom is 0.416 e. The van der Waals surface area contributed by atoms with Crippen molar-refractivity contribution in [3.63, 3.8) is 0 Å². The number of rotatable bonds is 1. The molecule has 5 rings (SSSR count). The van der Waals surface area contributed by atoms with E-state index < -0.39 is 23.4 Å². The quantitative estimate of drug-likeness (QED) is 0.734. The van der Waals surface area contributed by atoms with Gasteiger partial charge >= 0.3 is 6.18 Å². The van der Waals surface area contributed by atoms with Crippen molar-refractivity contribution in [1.82, 2.24) is 15.1 Å². The van der Waals surface area contributed by atoms with Crippen LogP contribution in [0.25, 0.3) is 0 Å². The molecule has 4 aliphatic rings. The van der Waals surface area contributed by atoms with Crippen LogP contribution in [0.4, 0.5) is 13.2 Å². The van der Waals surface area contributed by atoms with E-state index in [4.69, 9.17) is 4.74 Å². The van der Waals surface area contributed by atoms with Gasteiger partial charge in [-0.05, 0) is 37.5 Å². The molecule has 2 saturated heterocycles. The largest absolute Gasteiger partial charge is 0.470 e. The van der Waals surface area contributed by atoms with Gasteiger partial charge < -0.3 is 15.0 Å². The fraction of sp³-hybridized carbons (Fsp3) is 0.636. The molecule has 3 aliphatic heterocycles. The molecule has 1 aromatic carbocycles. The van der Waals surface area contributed by atoms with Crippen molar-refractivity contribution in [2.75, 3.05) is 19.6 Å². The molecule has 0 radical (unpaired) electrons. The molecule has 0 aromatic heterocycles. The third kappa shape index (κ3) is 3.28. The lowest BCUT2D eigenvalue weighted by molar-refractivity contribution is -0.140. The molecule has 31 heavy (non-hydrogen) atoms. The first kappa shape index (κ1) is 20.6. The van der Waals surface area contributed by atoms with E-state index in [0.717, 1.165) is 31.5 Å². The van der Waals surface area contributed by atoms with Crippen LogP contribution in [0, 0.1) is 11.3 Å². The Morgan fingerprint density at radius 3 is 2.81 bits per heavy atom. The zero-order chi connectivity index (χ0) is 22.0. The van der Waals surface area contributed by atoms with Crippen LogP contribution in [0.2, 0.25) is 0 Å². The molecule has 2 unspecified atom stereocenters. The van der Waals surface area contributed by atoms with E-state index in [0.29, 0.717) is 37.2 Å². The molecule has 1 spiro atoms. The first-order chi connectivity index (χ1) is 14.7. The summed E-state index contributed by atoms with van der Waals surface area (Å²) < 4.78 is 45.5. The van der Waals surface area contributed by atoms with E-state index >= 15 is 0 Å². The van der Waals surface area contributed by atoms with Gasteiger partial charge in [-0.3, -0.25) is 14.5 Å². The summed E-state index contributed by atoms with van der Waals surface area (Å²) in [4.78, 5) is 29.2. The molecular formula is C22H26F3N3O3. The zero-order valence-electron chi connectivity index (χ0n) is 17.4. The van der Waals surface area contributed by atoms with Gasteiger partial charge in [-0.25, -0.2) is 0 Å². The van der Waals surface area contributed by atoms with Crippen LogP contribution in [0.15, 0.2) is 18.2 Å². The molecule has 9 heteroatoms. The Bertz CT molecular complexity index is 921. The number of fused-ring (bicyclic) bond motifs is 2. The Hall–Kier alpha value is -2.29. The molecule has 0 bridgehead atoms. The second kappa shape index (κ2) is 7.12. The van der Waals surface area contributed by atoms with Crippen LogP contribution in [-0.2, 0) is 22.3 Å². The van der Waals surface area contributed by atoms with Crippen LogP contribution in [0.3, 0.4) is 0 Å². The molecule has 1 aromatic rings. The number of nitrogens with zero attached hydrogens (tertiary/aromatic N) is 2. The van der Waals surface area contributed by atoms with Gasteiger partial charge in [0.25, 0.3) is 0 Å². The number of carbonyl (C=O) groups is 2. The predicted octanol–water partition coefficient (Wildman–Crippen LogP) is 2.76. The van der Waals surface area contributed by atoms with Crippen LogP contribution in [0.1, 0.15) is 43.7 Å². The number of amides is 2. The Kier molecular flexibility index (Phi) is 4.73. The molecule has 168 valence electrons. The second-order valence-corrected chi connectivity index (χ2v) is 9.24. The summed E-state index contributed by atoms with van der Waals surface area (Å²) in [6.45, 7) is 4.23. The normalized spacial score (nSPS) is 33.7. The molecule has 1 saturated carbocycles. The number of ether oxygens (including phenoxy) is 1. The number of hydrogen-bond donors (Lipinski definition) is 1. The summed E-state index contributed by atoms with van der Waals surface area (Å²) in [5, 5.41) is 2.89. The summed E-state index contributed by atoms with van der Waals surface area (Å²) in [5.41, 5.74) is -0.892. The summed E-state index contributed by atoms with van der Waals surface area (Å²) in [6, 6.07) is 3.72. The average molecular weight is 437 g/mol. The predicted molar refractivity (Wildman–Crippen MR) is 105 cm³/mol. The summed E-state index contributed by atoms with van der Waals surface area (Å²) in [7, 11) is 0. The minimum Gasteiger partial charge on any atom is -0.470 e. The Balaban J connectivity index is 1.37. The average Bonchev–Trinajstić information content (AvgIpc) is 3.16. The number of alkyl halides is 3. The van der Waals surface area contributed by atoms with Gasteiger partial charge in [0, 0.05) is 43.6 Å². The van der Waals surface area contributed by atoms with Crippen LogP contribution in [-0.4, -0.2) is 53.5 Å². The summed E-state index contributed by atoms with van der Waals surface area (Å²) in [5.74, 6) is 0.409. The molecule has 6 nitrogen and oxygen atoms in total. The topological polar surface area (TPSA) is 61.9 Å². The van der Waals surface area contributed by atoms with Crippen LogP contribution in [0.5, 0.6) is 5.75 Å². The van der Waals surface area contributed by atoms with E-state index in [1.165, 1.54) is 6.07 Å². The highest BCUT2D eigenvalue weighted by Crippen LogP contribution is 2.55. The number of nitrogens with one attached hydrogen (secondary N) is 1. The minimum absolute atomic E-state index is 0.0143. The van der Waals surface area contributed by atoms with Gasteiger partial charge in [0.2, 0.25) is 11.8 Å². The zero-order valence-corrected chi connectivity index (χ0v) is 17.4. The number of benzene rings is 1. The van der Waals surface area contributed by atoms with E-state index in [2.05, 4.69) is 10.2 Å². The van der Waals surface area contributed by atoms with Gasteiger partial charge in [0.15, 0.2) is 6.23 Å². The fourth-order valence-electron chi connectivity index (χ4n) is 5.89. The monoisotopic (exact) mass is 437 g/mol. The molecule has 4 atom stereocenters. The van der Waals surface area contributed by atoms with Crippen LogP contribution < -0.4 is 10.1 Å². The maximum atomic E-state index is 13.6. The lowest BCUT2D eigenvalue weighted by Gasteiger charge is -2.34. The fourth-order valence-corrected chi connectivity index (χ4v) is 5.89. The third-order valence-corrected chi connectivity index (χ3v) is 7.66. The van der Waals surface area contributed by atoms with Crippen molar-refractivity contribution in [3.8, 4) is 5.75 Å². The van der Waals surface area contributed by atoms with E-state index in [9.17, 15) is 22.8 Å². The molecule has 3 fully saturated rings. The van der Waals surface area contributed by atoms with Crippen molar-refractivity contribution in [2.24, 2.45) is 11.3 Å². The molecule has 3 heterocycles. The molecular weight excluding hydrogens is 411 g/mol. The Labute approximate surface area is 178 Å². The van der Waals surface area contributed by atoms with Crippen molar-refractivity contribution in [2.45, 2.75) is 57.6 Å². The van der Waals surface area contributed by atoms with Crippen molar-refractivity contribution < 1.29 is 27.5 Å². The van der Waals surface area contributed by atoms with Crippen molar-refractivity contribution >= 4 is 11.8 Å². The van der Waals surface area contributed by atoms with Gasteiger partial charge in [-0.2, -0.15) is 13.2 Å². The molecule has 1 aliphatic carbocycles. The van der Waals surface area contributed by atoms with Gasteiger partial charge in [0.1, 0.15) is 5.75 Å². The van der Waals surface area contributed by atoms with Gasteiger partial charge in [-0.15, -0.1) is 0 Å². The first-order valence-corrected chi connectivity index (χ1v) is 10.9.